The zero-order chi connectivity index (χ0) is 12.7. The minimum absolute atomic E-state index is 0.181. The Morgan fingerprint density at radius 2 is 2.00 bits per heavy atom. The van der Waals surface area contributed by atoms with Crippen molar-refractivity contribution in [2.45, 2.75) is 19.9 Å². The van der Waals surface area contributed by atoms with Crippen LogP contribution in [-0.2, 0) is 16.1 Å². The minimum Gasteiger partial charge on any atom is -0.274 e. The fraction of sp³-hybridized carbons (Fsp3) is 0.231. The fourth-order valence-electron chi connectivity index (χ4n) is 1.38. The molecule has 0 bridgehead atoms. The average molecular weight is 232 g/mol. The molecule has 0 fully saturated rings. The summed E-state index contributed by atoms with van der Waals surface area (Å²) in [5.74, 6) is -0.447. The van der Waals surface area contributed by atoms with E-state index >= 15 is 0 Å². The van der Waals surface area contributed by atoms with Gasteiger partial charge in [-0.25, -0.2) is 5.01 Å². The third kappa shape index (κ3) is 4.51. The number of nitrogens with one attached hydrogen (secondary N) is 1. The van der Waals surface area contributed by atoms with Crippen molar-refractivity contribution in [3.8, 4) is 0 Å². The smallest absolute Gasteiger partial charge is 0.245 e. The molecule has 4 heteroatoms. The Morgan fingerprint density at radius 3 is 2.53 bits per heavy atom. The summed E-state index contributed by atoms with van der Waals surface area (Å²) in [6.07, 6.45) is 1.72. The molecule has 1 rings (SSSR count). The first-order chi connectivity index (χ1) is 8.13. The summed E-state index contributed by atoms with van der Waals surface area (Å²) >= 11 is 0. The van der Waals surface area contributed by atoms with Gasteiger partial charge in [0.2, 0.25) is 11.8 Å². The van der Waals surface area contributed by atoms with Crippen LogP contribution in [0, 0.1) is 0 Å². The first-order valence-corrected chi connectivity index (χ1v) is 5.36. The van der Waals surface area contributed by atoms with Crippen molar-refractivity contribution in [2.24, 2.45) is 0 Å². The van der Waals surface area contributed by atoms with Gasteiger partial charge in [-0.05, 0) is 5.56 Å². The summed E-state index contributed by atoms with van der Waals surface area (Å²) in [6.45, 7) is 5.24. The highest BCUT2D eigenvalue weighted by atomic mass is 16.2. The zero-order valence-corrected chi connectivity index (χ0v) is 9.85. The molecule has 0 unspecified atom stereocenters. The molecule has 1 N–H and O–H groups in total. The molecule has 0 saturated carbocycles. The summed E-state index contributed by atoms with van der Waals surface area (Å²) < 4.78 is 0. The quantitative estimate of drug-likeness (QED) is 0.633. The van der Waals surface area contributed by atoms with Crippen LogP contribution in [0.25, 0.3) is 0 Å². The second-order valence-corrected chi connectivity index (χ2v) is 3.63. The largest absolute Gasteiger partial charge is 0.274 e. The van der Waals surface area contributed by atoms with Gasteiger partial charge in [0.05, 0.1) is 6.54 Å². The van der Waals surface area contributed by atoms with E-state index in [4.69, 9.17) is 0 Å². The van der Waals surface area contributed by atoms with E-state index in [9.17, 15) is 9.59 Å². The van der Waals surface area contributed by atoms with E-state index in [1.807, 2.05) is 30.3 Å². The number of carbonyl (C=O) groups excluding carboxylic acids is 2. The van der Waals surface area contributed by atoms with Crippen molar-refractivity contribution in [1.82, 2.24) is 10.4 Å². The van der Waals surface area contributed by atoms with E-state index in [0.717, 1.165) is 5.56 Å². The molecule has 0 spiro atoms. The van der Waals surface area contributed by atoms with Gasteiger partial charge in [0.25, 0.3) is 0 Å². The van der Waals surface area contributed by atoms with Gasteiger partial charge in [0.15, 0.2) is 0 Å². The van der Waals surface area contributed by atoms with Crippen molar-refractivity contribution < 1.29 is 9.59 Å². The number of hydrogen-bond acceptors (Lipinski definition) is 2. The van der Waals surface area contributed by atoms with Crippen LogP contribution in [-0.4, -0.2) is 16.8 Å². The Kier molecular flexibility index (Phi) is 4.94. The van der Waals surface area contributed by atoms with Crippen LogP contribution in [0.5, 0.6) is 0 Å². The minimum atomic E-state index is -0.265. The van der Waals surface area contributed by atoms with Gasteiger partial charge >= 0.3 is 0 Å². The molecule has 0 aliphatic heterocycles. The molecule has 0 heterocycles. The number of hydrogen-bond donors (Lipinski definition) is 1. The Labute approximate surface area is 101 Å². The highest BCUT2D eigenvalue weighted by Gasteiger charge is 2.13. The molecule has 0 radical (unpaired) electrons. The van der Waals surface area contributed by atoms with E-state index in [0.29, 0.717) is 6.54 Å². The average Bonchev–Trinajstić information content (AvgIpc) is 2.29. The summed E-state index contributed by atoms with van der Waals surface area (Å²) in [5.41, 5.74) is 3.47. The molecule has 1 aromatic carbocycles. The van der Waals surface area contributed by atoms with Crippen molar-refractivity contribution >= 4 is 11.8 Å². The summed E-state index contributed by atoms with van der Waals surface area (Å²) in [5, 5.41) is 1.30. The predicted octanol–water partition coefficient (Wildman–Crippen LogP) is 1.64. The molecular formula is C13H16N2O2. The number of hydrazine groups is 1. The van der Waals surface area contributed by atoms with Crippen LogP contribution < -0.4 is 5.43 Å². The van der Waals surface area contributed by atoms with Crippen molar-refractivity contribution in [2.75, 3.05) is 0 Å². The van der Waals surface area contributed by atoms with Crippen LogP contribution in [0.4, 0.5) is 0 Å². The van der Waals surface area contributed by atoms with Crippen LogP contribution in [0.2, 0.25) is 0 Å². The Hall–Kier alpha value is -2.10. The van der Waals surface area contributed by atoms with Gasteiger partial charge in [-0.1, -0.05) is 36.4 Å². The summed E-state index contributed by atoms with van der Waals surface area (Å²) in [7, 11) is 0. The second-order valence-electron chi connectivity index (χ2n) is 3.63. The normalized spacial score (nSPS) is 9.47. The lowest BCUT2D eigenvalue weighted by molar-refractivity contribution is -0.140. The third-order valence-corrected chi connectivity index (χ3v) is 2.10. The van der Waals surface area contributed by atoms with Crippen molar-refractivity contribution in [1.29, 1.82) is 0 Å². The lowest BCUT2D eigenvalue weighted by atomic mass is 10.2. The van der Waals surface area contributed by atoms with E-state index in [1.165, 1.54) is 18.0 Å². The molecule has 1 aromatic rings. The third-order valence-electron chi connectivity index (χ3n) is 2.10. The first-order valence-electron chi connectivity index (χ1n) is 5.36. The number of benzene rings is 1. The number of rotatable bonds is 4. The molecule has 0 aromatic heterocycles. The zero-order valence-electron chi connectivity index (χ0n) is 9.85. The van der Waals surface area contributed by atoms with E-state index in [-0.39, 0.29) is 18.2 Å². The maximum absolute atomic E-state index is 11.7. The lowest BCUT2D eigenvalue weighted by Gasteiger charge is -2.22. The van der Waals surface area contributed by atoms with Crippen molar-refractivity contribution in [3.05, 3.63) is 48.6 Å². The second kappa shape index (κ2) is 6.48. The maximum Gasteiger partial charge on any atom is 0.245 e. The van der Waals surface area contributed by atoms with Gasteiger partial charge < -0.3 is 0 Å². The van der Waals surface area contributed by atoms with Crippen LogP contribution >= 0.6 is 0 Å². The fourth-order valence-corrected chi connectivity index (χ4v) is 1.38. The monoisotopic (exact) mass is 232 g/mol. The molecule has 17 heavy (non-hydrogen) atoms. The SMILES string of the molecule is C=CCC(=O)N(Cc1ccccc1)NC(C)=O. The Balaban J connectivity index is 2.73. The molecule has 2 amide bonds. The number of carbonyl (C=O) groups is 2. The standard InChI is InChI=1S/C13H16N2O2/c1-3-7-13(17)15(14-11(2)16)10-12-8-5-4-6-9-12/h3-6,8-9H,1,7,10H2,2H3,(H,14,16). The number of nitrogens with zero attached hydrogens (tertiary/aromatic N) is 1. The molecule has 4 nitrogen and oxygen atoms in total. The highest BCUT2D eigenvalue weighted by molar-refractivity contribution is 5.81. The molecule has 0 aliphatic rings. The maximum atomic E-state index is 11.7. The first kappa shape index (κ1) is 13.0. The van der Waals surface area contributed by atoms with Gasteiger partial charge in [-0.2, -0.15) is 0 Å². The lowest BCUT2D eigenvalue weighted by Crippen LogP contribution is -2.44. The molecule has 0 aliphatic carbocycles. The molecule has 0 saturated heterocycles. The highest BCUT2D eigenvalue weighted by Crippen LogP contribution is 2.04. The van der Waals surface area contributed by atoms with Crippen LogP contribution in [0.15, 0.2) is 43.0 Å². The Morgan fingerprint density at radius 1 is 1.35 bits per heavy atom. The molecule has 0 atom stereocenters. The van der Waals surface area contributed by atoms with Crippen LogP contribution in [0.3, 0.4) is 0 Å². The van der Waals surface area contributed by atoms with E-state index < -0.39 is 0 Å². The van der Waals surface area contributed by atoms with Gasteiger partial charge in [-0.3, -0.25) is 15.0 Å². The Bertz CT molecular complexity index is 401. The molecular weight excluding hydrogens is 216 g/mol. The van der Waals surface area contributed by atoms with Gasteiger partial charge in [-0.15, -0.1) is 6.58 Å². The van der Waals surface area contributed by atoms with E-state index in [1.54, 1.807) is 0 Å². The molecule has 90 valence electrons. The topological polar surface area (TPSA) is 49.4 Å². The van der Waals surface area contributed by atoms with Gasteiger partial charge in [0, 0.05) is 13.3 Å². The van der Waals surface area contributed by atoms with Crippen LogP contribution in [0.1, 0.15) is 18.9 Å². The summed E-state index contributed by atoms with van der Waals surface area (Å²) in [6, 6.07) is 9.47. The van der Waals surface area contributed by atoms with E-state index in [2.05, 4.69) is 12.0 Å². The number of amides is 2. The predicted molar refractivity (Wildman–Crippen MR) is 65.6 cm³/mol. The van der Waals surface area contributed by atoms with Crippen molar-refractivity contribution in [3.63, 3.8) is 0 Å². The van der Waals surface area contributed by atoms with Gasteiger partial charge in [0.1, 0.15) is 0 Å². The summed E-state index contributed by atoms with van der Waals surface area (Å²) in [4.78, 5) is 22.7.